The zero-order valence-electron chi connectivity index (χ0n) is 26.4. The highest BCUT2D eigenvalue weighted by Crippen LogP contribution is 2.08. The van der Waals surface area contributed by atoms with Gasteiger partial charge < -0.3 is 30.6 Å². The third kappa shape index (κ3) is 54.3. The number of hydrogen-bond acceptors (Lipinski definition) is 6. The molecule has 1 rings (SSSR count). The summed E-state index contributed by atoms with van der Waals surface area (Å²) in [6.07, 6.45) is 17.1. The van der Waals surface area contributed by atoms with Gasteiger partial charge in [-0.25, -0.2) is 9.59 Å². The first kappa shape index (κ1) is 49.8. The minimum absolute atomic E-state index is 0. The number of phenols is 1. The molecule has 0 fully saturated rings. The zero-order valence-corrected chi connectivity index (χ0v) is 27.3. The maximum absolute atomic E-state index is 10.2. The predicted octanol–water partition coefficient (Wildman–Crippen LogP) is 8.06. The summed E-state index contributed by atoms with van der Waals surface area (Å²) in [6.45, 7) is 8.15. The monoisotopic (exact) mass is 648 g/mol. The Kier molecular flexibility index (Phi) is 44.3. The second-order valence-electron chi connectivity index (χ2n) is 8.91. The van der Waals surface area contributed by atoms with Crippen LogP contribution in [0.3, 0.4) is 0 Å². The van der Waals surface area contributed by atoms with E-state index in [-0.39, 0.29) is 30.1 Å². The number of rotatable bonds is 16. The zero-order chi connectivity index (χ0) is 33.9. The van der Waals surface area contributed by atoms with Crippen LogP contribution in [0.1, 0.15) is 122 Å². The molecule has 0 unspecified atom stereocenters. The van der Waals surface area contributed by atoms with Crippen LogP contribution in [0.2, 0.25) is 0 Å². The highest BCUT2D eigenvalue weighted by atomic mass is 35.5. The Balaban J connectivity index is -0.000000144. The van der Waals surface area contributed by atoms with Crippen LogP contribution in [0.25, 0.3) is 0 Å². The molecule has 6 N–H and O–H groups in total. The van der Waals surface area contributed by atoms with Crippen molar-refractivity contribution in [3.05, 3.63) is 54.1 Å². The number of halogens is 1. The van der Waals surface area contributed by atoms with Crippen molar-refractivity contribution in [2.24, 2.45) is 0 Å². The fourth-order valence-corrected chi connectivity index (χ4v) is 2.53. The van der Waals surface area contributed by atoms with E-state index in [1.165, 1.54) is 36.8 Å². The summed E-state index contributed by atoms with van der Waals surface area (Å²) in [5, 5.41) is 49.6. The van der Waals surface area contributed by atoms with Gasteiger partial charge in [0.25, 0.3) is 0 Å². The molecule has 0 aliphatic carbocycles. The van der Waals surface area contributed by atoms with Crippen LogP contribution in [0.15, 0.2) is 48.6 Å². The first-order valence-corrected chi connectivity index (χ1v) is 14.5. The summed E-state index contributed by atoms with van der Waals surface area (Å²) < 4.78 is 0. The van der Waals surface area contributed by atoms with Gasteiger partial charge in [0.05, 0.1) is 12.0 Å². The molecule has 0 spiro atoms. The van der Waals surface area contributed by atoms with Crippen molar-refractivity contribution in [1.29, 1.82) is 0 Å². The van der Waals surface area contributed by atoms with Gasteiger partial charge in [-0.3, -0.25) is 14.4 Å². The average Bonchev–Trinajstić information content (AvgIpc) is 2.93. The highest BCUT2D eigenvalue weighted by molar-refractivity contribution is 5.87. The number of phenolic OH excluding ortho intramolecular Hbond substituents is 1. The van der Waals surface area contributed by atoms with Crippen LogP contribution in [0, 0.1) is 0 Å². The largest absolute Gasteiger partial charge is 0.508 e. The Hall–Kier alpha value is -3.86. The van der Waals surface area contributed by atoms with E-state index in [1.54, 1.807) is 12.2 Å². The number of carboxylic acids is 5. The molecule has 0 radical (unpaired) electrons. The van der Waals surface area contributed by atoms with Crippen LogP contribution in [0.5, 0.6) is 5.75 Å². The number of benzene rings is 1. The van der Waals surface area contributed by atoms with Crippen LogP contribution in [-0.4, -0.2) is 60.5 Å². The molecule has 0 saturated heterocycles. The number of carbonyl (C=O) groups is 5. The molecule has 0 aliphatic rings. The van der Waals surface area contributed by atoms with Crippen molar-refractivity contribution in [3.8, 4) is 5.75 Å². The highest BCUT2D eigenvalue weighted by Gasteiger charge is 1.99. The molecule has 0 bridgehead atoms. The average molecular weight is 649 g/mol. The van der Waals surface area contributed by atoms with Crippen molar-refractivity contribution in [2.45, 2.75) is 111 Å². The molecule has 0 saturated carbocycles. The molecule has 0 heterocycles. The molecule has 0 atom stereocenters. The van der Waals surface area contributed by atoms with Gasteiger partial charge in [-0.1, -0.05) is 84.4 Å². The fourth-order valence-electron chi connectivity index (χ4n) is 2.53. The number of carboxylic acid groups (broad SMARTS) is 5. The summed E-state index contributed by atoms with van der Waals surface area (Å²) in [5.41, 5.74) is 0.179. The minimum atomic E-state index is -0.986. The molecule has 0 aliphatic heterocycles. The van der Waals surface area contributed by atoms with E-state index in [1.807, 2.05) is 19.9 Å². The SMILES string of the molecule is CCC=CCC(=O)O.CCCC=CC(=O)O.CCCCCC(=O)O.CCCCCCC(=O)O.Cl.O=C(O)c1ccc(O)cc1. The summed E-state index contributed by atoms with van der Waals surface area (Å²) in [5.74, 6) is -3.90. The molecule has 1 aromatic rings. The molecular formula is C32H53ClO11. The second kappa shape index (κ2) is 39.1. The van der Waals surface area contributed by atoms with Crippen LogP contribution in [0.4, 0.5) is 0 Å². The third-order valence-electron chi connectivity index (χ3n) is 4.76. The lowest BCUT2D eigenvalue weighted by molar-refractivity contribution is -0.138. The molecule has 12 heteroatoms. The number of aromatic carboxylic acids is 1. The number of unbranched alkanes of at least 4 members (excludes halogenated alkanes) is 6. The van der Waals surface area contributed by atoms with Crippen molar-refractivity contribution in [3.63, 3.8) is 0 Å². The van der Waals surface area contributed by atoms with Crippen molar-refractivity contribution < 1.29 is 54.6 Å². The Bertz CT molecular complexity index is 911. The normalized spacial score (nSPS) is 9.36. The number of hydrogen-bond donors (Lipinski definition) is 6. The molecular weight excluding hydrogens is 596 g/mol. The van der Waals surface area contributed by atoms with Crippen LogP contribution >= 0.6 is 12.4 Å². The molecule has 44 heavy (non-hydrogen) atoms. The quantitative estimate of drug-likeness (QED) is 0.0573. The van der Waals surface area contributed by atoms with Crippen molar-refractivity contribution in [1.82, 2.24) is 0 Å². The van der Waals surface area contributed by atoms with E-state index >= 15 is 0 Å². The van der Waals surface area contributed by atoms with Gasteiger partial charge in [0.1, 0.15) is 5.75 Å². The van der Waals surface area contributed by atoms with Gasteiger partial charge in [-0.15, -0.1) is 12.4 Å². The van der Waals surface area contributed by atoms with E-state index in [4.69, 9.17) is 30.6 Å². The van der Waals surface area contributed by atoms with Gasteiger partial charge in [-0.05, 0) is 49.9 Å². The van der Waals surface area contributed by atoms with Gasteiger partial charge in [-0.2, -0.15) is 0 Å². The number of aliphatic carboxylic acids is 4. The van der Waals surface area contributed by atoms with E-state index in [0.717, 1.165) is 57.8 Å². The van der Waals surface area contributed by atoms with Gasteiger partial charge in [0.15, 0.2) is 0 Å². The Morgan fingerprint density at radius 1 is 0.614 bits per heavy atom. The summed E-state index contributed by atoms with van der Waals surface area (Å²) >= 11 is 0. The fraction of sp³-hybridized carbons (Fsp3) is 0.531. The number of allylic oxidation sites excluding steroid dienone is 2. The maximum Gasteiger partial charge on any atom is 0.335 e. The first-order valence-electron chi connectivity index (χ1n) is 14.5. The standard InChI is InChI=1S/C7H6O3.C7H14O2.C6H12O2.2C6H10O2.ClH/c8-6-3-1-5(2-4-6)7(9)10;1-2-3-4-5-6-7(8)9;3*1-2-3-4-5-6(7)8;/h1-4,8H,(H,9,10);2-6H2,1H3,(H,8,9);2-5H2,1H3,(H,7,8);4-5H,2-3H2,1H3,(H,7,8);3-4H,2,5H2,1H3,(H,7,8);1H. The second-order valence-corrected chi connectivity index (χ2v) is 8.91. The minimum Gasteiger partial charge on any atom is -0.508 e. The maximum atomic E-state index is 10.2. The van der Waals surface area contributed by atoms with E-state index in [2.05, 4.69) is 13.8 Å². The smallest absolute Gasteiger partial charge is 0.335 e. The van der Waals surface area contributed by atoms with Gasteiger partial charge in [0.2, 0.25) is 0 Å². The number of aromatic hydroxyl groups is 1. The molecule has 0 aromatic heterocycles. The van der Waals surface area contributed by atoms with E-state index < -0.39 is 29.8 Å². The molecule has 0 amide bonds. The molecule has 1 aromatic carbocycles. The summed E-state index contributed by atoms with van der Waals surface area (Å²) in [4.78, 5) is 49.7. The lowest BCUT2D eigenvalue weighted by Gasteiger charge is -1.92. The third-order valence-corrected chi connectivity index (χ3v) is 4.76. The molecule has 11 nitrogen and oxygen atoms in total. The van der Waals surface area contributed by atoms with Crippen LogP contribution in [-0.2, 0) is 19.2 Å². The van der Waals surface area contributed by atoms with Crippen molar-refractivity contribution >= 4 is 42.3 Å². The summed E-state index contributed by atoms with van der Waals surface area (Å²) in [6, 6.07) is 5.36. The predicted molar refractivity (Wildman–Crippen MR) is 174 cm³/mol. The van der Waals surface area contributed by atoms with E-state index in [9.17, 15) is 24.0 Å². The lowest BCUT2D eigenvalue weighted by atomic mass is 10.2. The molecule has 254 valence electrons. The lowest BCUT2D eigenvalue weighted by Crippen LogP contribution is -1.93. The van der Waals surface area contributed by atoms with Crippen molar-refractivity contribution in [2.75, 3.05) is 0 Å². The Morgan fingerprint density at radius 3 is 1.45 bits per heavy atom. The first-order chi connectivity index (χ1) is 20.3. The topological polar surface area (TPSA) is 207 Å². The summed E-state index contributed by atoms with van der Waals surface area (Å²) in [7, 11) is 0. The van der Waals surface area contributed by atoms with Gasteiger partial charge >= 0.3 is 29.8 Å². The van der Waals surface area contributed by atoms with Crippen LogP contribution < -0.4 is 0 Å². The van der Waals surface area contributed by atoms with Gasteiger partial charge in [0, 0.05) is 18.9 Å². The Labute approximate surface area is 267 Å². The van der Waals surface area contributed by atoms with E-state index in [0.29, 0.717) is 12.8 Å². The Morgan fingerprint density at radius 2 is 1.09 bits per heavy atom.